The standard InChI is InChI=1S/C9H12N2O3.ClH/c12-9(13)8-7(2-5-14-8)6-11-4-1-3-10-11;/h1,3-4,7-8H,2,5-6H2,(H,12,13);1H/t7-,8-;/m1./s1. The smallest absolute Gasteiger partial charge is 0.333 e. The molecule has 0 aliphatic carbocycles. The second kappa shape index (κ2) is 5.14. The fraction of sp³-hybridized carbons (Fsp3) is 0.556. The van der Waals surface area contributed by atoms with Gasteiger partial charge in [-0.3, -0.25) is 4.68 Å². The Morgan fingerprint density at radius 1 is 1.67 bits per heavy atom. The highest BCUT2D eigenvalue weighted by Gasteiger charge is 2.34. The van der Waals surface area contributed by atoms with Gasteiger partial charge >= 0.3 is 5.97 Å². The van der Waals surface area contributed by atoms with Crippen molar-refractivity contribution in [3.05, 3.63) is 18.5 Å². The molecule has 0 saturated carbocycles. The summed E-state index contributed by atoms with van der Waals surface area (Å²) >= 11 is 0. The zero-order valence-corrected chi connectivity index (χ0v) is 8.89. The molecule has 1 aromatic heterocycles. The summed E-state index contributed by atoms with van der Waals surface area (Å²) < 4.78 is 6.88. The number of nitrogens with zero attached hydrogens (tertiary/aromatic N) is 2. The fourth-order valence-electron chi connectivity index (χ4n) is 1.74. The van der Waals surface area contributed by atoms with Crippen molar-refractivity contribution >= 4 is 18.4 Å². The van der Waals surface area contributed by atoms with Crippen molar-refractivity contribution in [2.24, 2.45) is 5.92 Å². The monoisotopic (exact) mass is 232 g/mol. The third-order valence-electron chi connectivity index (χ3n) is 2.44. The predicted octanol–water partition coefficient (Wildman–Crippen LogP) is 0.795. The number of carbonyl (C=O) groups is 1. The van der Waals surface area contributed by atoms with Gasteiger partial charge in [0, 0.05) is 31.5 Å². The van der Waals surface area contributed by atoms with E-state index in [-0.39, 0.29) is 18.3 Å². The molecular formula is C9H13ClN2O3. The van der Waals surface area contributed by atoms with Crippen LogP contribution >= 0.6 is 12.4 Å². The van der Waals surface area contributed by atoms with Crippen LogP contribution in [0.5, 0.6) is 0 Å². The van der Waals surface area contributed by atoms with E-state index in [4.69, 9.17) is 9.84 Å². The second-order valence-electron chi connectivity index (χ2n) is 3.41. The van der Waals surface area contributed by atoms with E-state index in [9.17, 15) is 4.79 Å². The maximum atomic E-state index is 10.8. The predicted molar refractivity (Wildman–Crippen MR) is 55.0 cm³/mol. The van der Waals surface area contributed by atoms with E-state index in [2.05, 4.69) is 5.10 Å². The van der Waals surface area contributed by atoms with Crippen LogP contribution < -0.4 is 0 Å². The number of carboxylic acid groups (broad SMARTS) is 1. The molecule has 2 rings (SSSR count). The summed E-state index contributed by atoms with van der Waals surface area (Å²) in [6, 6.07) is 1.82. The summed E-state index contributed by atoms with van der Waals surface area (Å²) in [4.78, 5) is 10.8. The topological polar surface area (TPSA) is 64.3 Å². The van der Waals surface area contributed by atoms with Crippen LogP contribution in [0.3, 0.4) is 0 Å². The van der Waals surface area contributed by atoms with Gasteiger partial charge in [-0.2, -0.15) is 5.10 Å². The van der Waals surface area contributed by atoms with E-state index in [1.54, 1.807) is 10.9 Å². The minimum absolute atomic E-state index is 0. The van der Waals surface area contributed by atoms with Crippen LogP contribution in [-0.2, 0) is 16.1 Å². The van der Waals surface area contributed by atoms with Crippen molar-refractivity contribution in [3.8, 4) is 0 Å². The van der Waals surface area contributed by atoms with Gasteiger partial charge in [-0.15, -0.1) is 12.4 Å². The Morgan fingerprint density at radius 2 is 2.47 bits per heavy atom. The van der Waals surface area contributed by atoms with Crippen LogP contribution in [0.15, 0.2) is 18.5 Å². The van der Waals surface area contributed by atoms with Gasteiger partial charge in [-0.25, -0.2) is 4.79 Å². The summed E-state index contributed by atoms with van der Waals surface area (Å²) in [6.07, 6.45) is 3.64. The van der Waals surface area contributed by atoms with Gasteiger partial charge in [0.25, 0.3) is 0 Å². The Hall–Kier alpha value is -1.07. The van der Waals surface area contributed by atoms with Crippen LogP contribution in [0.4, 0.5) is 0 Å². The number of hydrogen-bond acceptors (Lipinski definition) is 3. The molecule has 1 aliphatic rings. The van der Waals surface area contributed by atoms with Gasteiger partial charge < -0.3 is 9.84 Å². The van der Waals surface area contributed by atoms with Crippen molar-refractivity contribution in [3.63, 3.8) is 0 Å². The molecule has 84 valence electrons. The molecule has 0 spiro atoms. The van der Waals surface area contributed by atoms with Gasteiger partial charge in [-0.1, -0.05) is 0 Å². The van der Waals surface area contributed by atoms with Crippen molar-refractivity contribution in [1.29, 1.82) is 0 Å². The van der Waals surface area contributed by atoms with Crippen molar-refractivity contribution in [2.45, 2.75) is 19.1 Å². The largest absolute Gasteiger partial charge is 0.479 e. The van der Waals surface area contributed by atoms with E-state index in [0.717, 1.165) is 6.42 Å². The molecule has 1 aliphatic heterocycles. The molecule has 0 bridgehead atoms. The first kappa shape index (κ1) is 12.0. The molecule has 15 heavy (non-hydrogen) atoms. The lowest BCUT2D eigenvalue weighted by atomic mass is 10.0. The van der Waals surface area contributed by atoms with Crippen LogP contribution in [-0.4, -0.2) is 33.6 Å². The number of ether oxygens (including phenoxy) is 1. The van der Waals surface area contributed by atoms with Crippen molar-refractivity contribution < 1.29 is 14.6 Å². The fourth-order valence-corrected chi connectivity index (χ4v) is 1.74. The first-order chi connectivity index (χ1) is 6.77. The van der Waals surface area contributed by atoms with Crippen molar-refractivity contribution in [1.82, 2.24) is 9.78 Å². The number of hydrogen-bond donors (Lipinski definition) is 1. The number of carboxylic acids is 1. The van der Waals surface area contributed by atoms with Crippen molar-refractivity contribution in [2.75, 3.05) is 6.61 Å². The lowest BCUT2D eigenvalue weighted by Gasteiger charge is -2.13. The molecule has 0 aromatic carbocycles. The highest BCUT2D eigenvalue weighted by atomic mass is 35.5. The summed E-state index contributed by atoms with van der Waals surface area (Å²) in [5, 5.41) is 12.9. The van der Waals surface area contributed by atoms with Gasteiger partial charge in [0.05, 0.1) is 0 Å². The zero-order valence-electron chi connectivity index (χ0n) is 8.07. The summed E-state index contributed by atoms with van der Waals surface area (Å²) in [5.74, 6) is -0.841. The Kier molecular flexibility index (Phi) is 4.11. The Bertz CT molecular complexity index is 315. The third kappa shape index (κ3) is 2.70. The quantitative estimate of drug-likeness (QED) is 0.837. The Labute approximate surface area is 93.4 Å². The molecule has 1 aromatic rings. The molecule has 1 N–H and O–H groups in total. The molecule has 5 nitrogen and oxygen atoms in total. The number of rotatable bonds is 3. The van der Waals surface area contributed by atoms with E-state index < -0.39 is 12.1 Å². The lowest BCUT2D eigenvalue weighted by Crippen LogP contribution is -2.29. The molecular weight excluding hydrogens is 220 g/mol. The normalized spacial score (nSPS) is 24.8. The lowest BCUT2D eigenvalue weighted by molar-refractivity contribution is -0.149. The number of aromatic nitrogens is 2. The van der Waals surface area contributed by atoms with Gasteiger partial charge in [0.1, 0.15) is 0 Å². The molecule has 2 atom stereocenters. The molecule has 0 radical (unpaired) electrons. The molecule has 0 unspecified atom stereocenters. The van der Waals surface area contributed by atoms with E-state index in [0.29, 0.717) is 13.2 Å². The van der Waals surface area contributed by atoms with Crippen LogP contribution in [0, 0.1) is 5.92 Å². The van der Waals surface area contributed by atoms with E-state index in [1.807, 2.05) is 12.3 Å². The highest BCUT2D eigenvalue weighted by molar-refractivity contribution is 5.85. The summed E-state index contributed by atoms with van der Waals surface area (Å²) in [5.41, 5.74) is 0. The van der Waals surface area contributed by atoms with Gasteiger partial charge in [0.15, 0.2) is 6.10 Å². The SMILES string of the molecule is Cl.O=C(O)[C@@H]1OCC[C@@H]1Cn1cccn1. The average molecular weight is 233 g/mol. The first-order valence-corrected chi connectivity index (χ1v) is 4.59. The molecule has 1 saturated heterocycles. The second-order valence-corrected chi connectivity index (χ2v) is 3.41. The van der Waals surface area contributed by atoms with Crippen LogP contribution in [0.25, 0.3) is 0 Å². The Morgan fingerprint density at radius 3 is 3.07 bits per heavy atom. The molecule has 0 amide bonds. The highest BCUT2D eigenvalue weighted by Crippen LogP contribution is 2.22. The maximum Gasteiger partial charge on any atom is 0.333 e. The minimum Gasteiger partial charge on any atom is -0.479 e. The van der Waals surface area contributed by atoms with E-state index in [1.165, 1.54) is 0 Å². The average Bonchev–Trinajstić information content (AvgIpc) is 2.75. The molecule has 1 fully saturated rings. The van der Waals surface area contributed by atoms with Crippen LogP contribution in [0.2, 0.25) is 0 Å². The van der Waals surface area contributed by atoms with Gasteiger partial charge in [0.2, 0.25) is 0 Å². The maximum absolute atomic E-state index is 10.8. The summed E-state index contributed by atoms with van der Waals surface area (Å²) in [6.45, 7) is 1.15. The molecule has 6 heteroatoms. The van der Waals surface area contributed by atoms with Crippen LogP contribution in [0.1, 0.15) is 6.42 Å². The zero-order chi connectivity index (χ0) is 9.97. The summed E-state index contributed by atoms with van der Waals surface area (Å²) in [7, 11) is 0. The third-order valence-corrected chi connectivity index (χ3v) is 2.44. The number of halogens is 1. The Balaban J connectivity index is 0.00000112. The number of aliphatic carboxylic acids is 1. The van der Waals surface area contributed by atoms with E-state index >= 15 is 0 Å². The first-order valence-electron chi connectivity index (χ1n) is 4.59. The van der Waals surface area contributed by atoms with Gasteiger partial charge in [-0.05, 0) is 12.5 Å². The minimum atomic E-state index is -0.875. The molecule has 2 heterocycles.